The first-order valence-electron chi connectivity index (χ1n) is 9.10. The Morgan fingerprint density at radius 3 is 2.52 bits per heavy atom. The lowest BCUT2D eigenvalue weighted by Crippen LogP contribution is -2.39. The molecule has 2 atom stereocenters. The van der Waals surface area contributed by atoms with Crippen LogP contribution in [0.4, 0.5) is 11.4 Å². The molecule has 0 saturated heterocycles. The van der Waals surface area contributed by atoms with Crippen molar-refractivity contribution in [1.29, 1.82) is 5.26 Å². The molecule has 2 rings (SSSR count). The Morgan fingerprint density at radius 2 is 1.93 bits per heavy atom. The van der Waals surface area contributed by atoms with E-state index in [1.165, 1.54) is 0 Å². The standard InChI is InChI=1S/C21H25ClN4O/c1-4-5-17-12-19(8-11-21(17)25-24)26(15(2)13-23)14-16(3)27-20-9-6-18(22)7-10-20/h6-12,15-16,24H,4-5,14H2,1-3H3/p+1. The number of nitrogens with two attached hydrogens (primary N) is 1. The molecule has 0 aliphatic heterocycles. The Morgan fingerprint density at radius 1 is 1.22 bits per heavy atom. The summed E-state index contributed by atoms with van der Waals surface area (Å²) in [6, 6.07) is 15.2. The van der Waals surface area contributed by atoms with Crippen molar-refractivity contribution in [2.24, 2.45) is 5.11 Å². The van der Waals surface area contributed by atoms with Crippen LogP contribution in [0.15, 0.2) is 47.6 Å². The van der Waals surface area contributed by atoms with Crippen LogP contribution in [-0.2, 0) is 6.42 Å². The van der Waals surface area contributed by atoms with Crippen LogP contribution in [0, 0.1) is 11.3 Å². The van der Waals surface area contributed by atoms with Crippen LogP contribution < -0.4 is 15.2 Å². The van der Waals surface area contributed by atoms with E-state index in [9.17, 15) is 5.26 Å². The highest BCUT2D eigenvalue weighted by molar-refractivity contribution is 6.30. The van der Waals surface area contributed by atoms with Gasteiger partial charge in [0.25, 0.3) is 0 Å². The van der Waals surface area contributed by atoms with Gasteiger partial charge in [0.05, 0.1) is 12.6 Å². The van der Waals surface area contributed by atoms with Crippen molar-refractivity contribution in [1.82, 2.24) is 0 Å². The maximum absolute atomic E-state index is 9.49. The van der Waals surface area contributed by atoms with Gasteiger partial charge in [0.15, 0.2) is 0 Å². The second kappa shape index (κ2) is 9.94. The fraction of sp³-hybridized carbons (Fsp3) is 0.381. The molecule has 0 spiro atoms. The summed E-state index contributed by atoms with van der Waals surface area (Å²) in [5, 5.41) is 14.0. The Bertz CT molecular complexity index is 801. The number of rotatable bonds is 9. The van der Waals surface area contributed by atoms with E-state index in [4.69, 9.17) is 21.9 Å². The number of hydrogen-bond acceptors (Lipinski definition) is 4. The number of nitrogens with zero attached hydrogens (tertiary/aromatic N) is 3. The number of anilines is 1. The smallest absolute Gasteiger partial charge is 0.133 e. The second-order valence-electron chi connectivity index (χ2n) is 6.53. The molecule has 2 unspecified atom stereocenters. The highest BCUT2D eigenvalue weighted by Crippen LogP contribution is 2.28. The van der Waals surface area contributed by atoms with Crippen molar-refractivity contribution in [3.63, 3.8) is 0 Å². The van der Waals surface area contributed by atoms with Crippen LogP contribution in [0.5, 0.6) is 5.75 Å². The van der Waals surface area contributed by atoms with Gasteiger partial charge in [0.2, 0.25) is 0 Å². The molecular formula is C21H26ClN4O+. The topological polar surface area (TPSA) is 74.2 Å². The third-order valence-corrected chi connectivity index (χ3v) is 4.56. The van der Waals surface area contributed by atoms with E-state index >= 15 is 0 Å². The minimum atomic E-state index is -0.295. The molecule has 5 nitrogen and oxygen atoms in total. The van der Waals surface area contributed by atoms with E-state index in [1.54, 1.807) is 12.1 Å². The molecule has 0 aliphatic carbocycles. The lowest BCUT2D eigenvalue weighted by atomic mass is 10.1. The van der Waals surface area contributed by atoms with E-state index in [1.807, 2.05) is 43.0 Å². The van der Waals surface area contributed by atoms with Gasteiger partial charge in [-0.25, -0.2) is 0 Å². The zero-order valence-corrected chi connectivity index (χ0v) is 16.8. The Kier molecular flexibility index (Phi) is 7.63. The second-order valence-corrected chi connectivity index (χ2v) is 6.97. The van der Waals surface area contributed by atoms with Gasteiger partial charge < -0.3 is 9.64 Å². The van der Waals surface area contributed by atoms with E-state index in [-0.39, 0.29) is 12.1 Å². The van der Waals surface area contributed by atoms with Crippen molar-refractivity contribution in [3.05, 3.63) is 53.1 Å². The van der Waals surface area contributed by atoms with Crippen LogP contribution >= 0.6 is 11.6 Å². The fourth-order valence-electron chi connectivity index (χ4n) is 2.96. The maximum atomic E-state index is 9.49. The Labute approximate surface area is 166 Å². The molecule has 0 bridgehead atoms. The first-order valence-corrected chi connectivity index (χ1v) is 9.48. The summed E-state index contributed by atoms with van der Waals surface area (Å²) in [7, 11) is 0. The van der Waals surface area contributed by atoms with Gasteiger partial charge in [-0.1, -0.05) is 24.9 Å². The lowest BCUT2D eigenvalue weighted by Gasteiger charge is -2.30. The lowest BCUT2D eigenvalue weighted by molar-refractivity contribution is -0.210. The molecule has 6 heteroatoms. The van der Waals surface area contributed by atoms with Crippen LogP contribution in [-0.4, -0.2) is 18.7 Å². The van der Waals surface area contributed by atoms with E-state index < -0.39 is 0 Å². The average molecular weight is 386 g/mol. The van der Waals surface area contributed by atoms with Crippen LogP contribution in [0.25, 0.3) is 0 Å². The summed E-state index contributed by atoms with van der Waals surface area (Å²) in [6.45, 7) is 6.56. The largest absolute Gasteiger partial charge is 0.489 e. The predicted molar refractivity (Wildman–Crippen MR) is 108 cm³/mol. The van der Waals surface area contributed by atoms with Crippen LogP contribution in [0.1, 0.15) is 32.8 Å². The number of halogens is 1. The molecule has 0 aromatic heterocycles. The summed E-state index contributed by atoms with van der Waals surface area (Å²) in [6.07, 6.45) is 1.76. The monoisotopic (exact) mass is 385 g/mol. The number of nitriles is 1. The molecule has 0 saturated carbocycles. The number of benzene rings is 2. The molecular weight excluding hydrogens is 360 g/mol. The van der Waals surface area contributed by atoms with Crippen molar-refractivity contribution in [2.45, 2.75) is 45.8 Å². The molecule has 2 aromatic rings. The van der Waals surface area contributed by atoms with E-state index in [0.717, 1.165) is 35.5 Å². The zero-order chi connectivity index (χ0) is 19.8. The van der Waals surface area contributed by atoms with Crippen molar-refractivity contribution < 1.29 is 10.3 Å². The highest BCUT2D eigenvalue weighted by atomic mass is 35.5. The fourth-order valence-corrected chi connectivity index (χ4v) is 3.09. The SMILES string of the molecule is CCCc1cc(N(CC(C)Oc2ccc(Cl)cc2)C(C)C#N)ccc1N=[NH2+]. The molecule has 2 aromatic carbocycles. The summed E-state index contributed by atoms with van der Waals surface area (Å²) in [4.78, 5) is 2.04. The van der Waals surface area contributed by atoms with Gasteiger partial charge in [0, 0.05) is 10.7 Å². The van der Waals surface area contributed by atoms with Gasteiger partial charge >= 0.3 is 0 Å². The molecule has 0 fully saturated rings. The summed E-state index contributed by atoms with van der Waals surface area (Å²) < 4.78 is 5.99. The average Bonchev–Trinajstić information content (AvgIpc) is 2.67. The van der Waals surface area contributed by atoms with E-state index in [0.29, 0.717) is 11.6 Å². The molecule has 0 aliphatic rings. The van der Waals surface area contributed by atoms with Crippen molar-refractivity contribution >= 4 is 23.0 Å². The van der Waals surface area contributed by atoms with Crippen LogP contribution in [0.2, 0.25) is 5.02 Å². The summed E-state index contributed by atoms with van der Waals surface area (Å²) in [5.74, 6) is 0.750. The number of aryl methyl sites for hydroxylation is 1. The molecule has 0 amide bonds. The highest BCUT2D eigenvalue weighted by Gasteiger charge is 2.19. The maximum Gasteiger partial charge on any atom is 0.133 e. The summed E-state index contributed by atoms with van der Waals surface area (Å²) in [5.41, 5.74) is 8.33. The third-order valence-electron chi connectivity index (χ3n) is 4.31. The van der Waals surface area contributed by atoms with Gasteiger partial charge in [-0.15, -0.1) is 0 Å². The van der Waals surface area contributed by atoms with Gasteiger partial charge in [-0.05, 0) is 73.4 Å². The normalized spacial score (nSPS) is 12.7. The molecule has 2 N–H and O–H groups in total. The molecule has 0 radical (unpaired) electrons. The molecule has 142 valence electrons. The van der Waals surface area contributed by atoms with Crippen molar-refractivity contribution in [3.8, 4) is 11.8 Å². The first kappa shape index (κ1) is 20.7. The number of hydrogen-bond donors (Lipinski definition) is 1. The van der Waals surface area contributed by atoms with Crippen molar-refractivity contribution in [2.75, 3.05) is 11.4 Å². The molecule has 27 heavy (non-hydrogen) atoms. The van der Waals surface area contributed by atoms with Crippen LogP contribution in [0.3, 0.4) is 0 Å². The minimum absolute atomic E-state index is 0.115. The number of ether oxygens (including phenoxy) is 1. The first-order chi connectivity index (χ1) is 13.0. The minimum Gasteiger partial charge on any atom is -0.489 e. The summed E-state index contributed by atoms with van der Waals surface area (Å²) >= 11 is 5.92. The predicted octanol–water partition coefficient (Wildman–Crippen LogP) is 4.32. The van der Waals surface area contributed by atoms with Gasteiger partial charge in [-0.3, -0.25) is 0 Å². The molecule has 0 heterocycles. The Hall–Kier alpha value is -2.58. The van der Waals surface area contributed by atoms with Gasteiger partial charge in [-0.2, -0.15) is 10.8 Å². The zero-order valence-electron chi connectivity index (χ0n) is 16.0. The quantitative estimate of drug-likeness (QED) is 0.653. The van der Waals surface area contributed by atoms with Gasteiger partial charge in [0.1, 0.15) is 23.6 Å². The third kappa shape index (κ3) is 5.70. The Balaban J connectivity index is 2.22. The van der Waals surface area contributed by atoms with E-state index in [2.05, 4.69) is 24.2 Å².